The molecule has 1 aromatic carbocycles. The molecule has 1 heterocycles. The maximum absolute atomic E-state index is 13.0. The van der Waals surface area contributed by atoms with Gasteiger partial charge in [0.05, 0.1) is 15.9 Å². The zero-order chi connectivity index (χ0) is 13.3. The summed E-state index contributed by atoms with van der Waals surface area (Å²) in [6, 6.07) is 4.43. The SMILES string of the molecule is Nc1c([N+](=O)[O-])cnn1Cc1ccc(F)c(Br)c1. The maximum atomic E-state index is 13.0. The Labute approximate surface area is 109 Å². The molecule has 0 saturated heterocycles. The van der Waals surface area contributed by atoms with E-state index in [0.717, 1.165) is 11.8 Å². The lowest BCUT2D eigenvalue weighted by atomic mass is 10.2. The van der Waals surface area contributed by atoms with Gasteiger partial charge in [-0.2, -0.15) is 5.10 Å². The van der Waals surface area contributed by atoms with E-state index < -0.39 is 4.92 Å². The molecule has 0 unspecified atom stereocenters. The number of halogens is 2. The number of nitrogens with two attached hydrogens (primary N) is 1. The van der Waals surface area contributed by atoms with Gasteiger partial charge in [0.25, 0.3) is 0 Å². The van der Waals surface area contributed by atoms with Gasteiger partial charge in [0.2, 0.25) is 5.82 Å². The van der Waals surface area contributed by atoms with Gasteiger partial charge in [-0.05, 0) is 33.6 Å². The van der Waals surface area contributed by atoms with E-state index in [0.29, 0.717) is 4.47 Å². The molecule has 94 valence electrons. The average Bonchev–Trinajstić information content (AvgIpc) is 2.66. The number of rotatable bonds is 3. The highest BCUT2D eigenvalue weighted by molar-refractivity contribution is 9.10. The number of nitro groups is 1. The summed E-state index contributed by atoms with van der Waals surface area (Å²) >= 11 is 3.06. The van der Waals surface area contributed by atoms with Crippen molar-refractivity contribution in [2.45, 2.75) is 6.54 Å². The molecule has 0 saturated carbocycles. The van der Waals surface area contributed by atoms with Crippen LogP contribution in [0.1, 0.15) is 5.56 Å². The van der Waals surface area contributed by atoms with Crippen LogP contribution in [0.5, 0.6) is 0 Å². The second-order valence-corrected chi connectivity index (χ2v) is 4.43. The van der Waals surface area contributed by atoms with Gasteiger partial charge in [-0.1, -0.05) is 6.07 Å². The van der Waals surface area contributed by atoms with Crippen LogP contribution in [-0.2, 0) is 6.54 Å². The topological polar surface area (TPSA) is 87.0 Å². The fraction of sp³-hybridized carbons (Fsp3) is 0.100. The predicted molar refractivity (Wildman–Crippen MR) is 66.5 cm³/mol. The monoisotopic (exact) mass is 314 g/mol. The third kappa shape index (κ3) is 2.33. The van der Waals surface area contributed by atoms with Crippen molar-refractivity contribution in [2.75, 3.05) is 5.73 Å². The molecule has 0 amide bonds. The van der Waals surface area contributed by atoms with Crippen molar-refractivity contribution in [3.05, 3.63) is 50.4 Å². The van der Waals surface area contributed by atoms with Crippen LogP contribution >= 0.6 is 15.9 Å². The van der Waals surface area contributed by atoms with Crippen LogP contribution in [0.15, 0.2) is 28.9 Å². The Morgan fingerprint density at radius 2 is 2.28 bits per heavy atom. The van der Waals surface area contributed by atoms with E-state index >= 15 is 0 Å². The zero-order valence-electron chi connectivity index (χ0n) is 9.01. The van der Waals surface area contributed by atoms with Crippen LogP contribution in [0.2, 0.25) is 0 Å². The van der Waals surface area contributed by atoms with Crippen LogP contribution in [-0.4, -0.2) is 14.7 Å². The van der Waals surface area contributed by atoms with Gasteiger partial charge >= 0.3 is 5.69 Å². The number of nitrogen functional groups attached to an aromatic ring is 1. The molecule has 0 aliphatic carbocycles. The maximum Gasteiger partial charge on any atom is 0.330 e. The number of nitrogens with zero attached hydrogens (tertiary/aromatic N) is 3. The number of hydrogen-bond donors (Lipinski definition) is 1. The lowest BCUT2D eigenvalue weighted by Crippen LogP contribution is -2.06. The van der Waals surface area contributed by atoms with Gasteiger partial charge in [0.15, 0.2) is 0 Å². The van der Waals surface area contributed by atoms with Crippen LogP contribution in [0, 0.1) is 15.9 Å². The molecule has 0 radical (unpaired) electrons. The third-order valence-corrected chi connectivity index (χ3v) is 2.98. The first-order valence-corrected chi connectivity index (χ1v) is 5.68. The normalized spacial score (nSPS) is 10.6. The lowest BCUT2D eigenvalue weighted by molar-refractivity contribution is -0.384. The molecule has 0 aliphatic heterocycles. The van der Waals surface area contributed by atoms with Gasteiger partial charge in [0.1, 0.15) is 12.0 Å². The van der Waals surface area contributed by atoms with Gasteiger partial charge in [-0.25, -0.2) is 9.07 Å². The fourth-order valence-corrected chi connectivity index (χ4v) is 1.89. The first kappa shape index (κ1) is 12.5. The molecule has 0 aliphatic rings. The summed E-state index contributed by atoms with van der Waals surface area (Å²) in [5.41, 5.74) is 6.08. The highest BCUT2D eigenvalue weighted by atomic mass is 79.9. The van der Waals surface area contributed by atoms with Gasteiger partial charge < -0.3 is 5.73 Å². The largest absolute Gasteiger partial charge is 0.378 e. The number of benzene rings is 1. The van der Waals surface area contributed by atoms with Gasteiger partial charge in [-0.15, -0.1) is 0 Å². The minimum Gasteiger partial charge on any atom is -0.378 e. The van der Waals surface area contributed by atoms with Crippen molar-refractivity contribution in [2.24, 2.45) is 0 Å². The van der Waals surface area contributed by atoms with Crippen molar-refractivity contribution < 1.29 is 9.31 Å². The van der Waals surface area contributed by atoms with Crippen molar-refractivity contribution >= 4 is 27.4 Å². The van der Waals surface area contributed by atoms with Crippen molar-refractivity contribution in [1.29, 1.82) is 0 Å². The summed E-state index contributed by atoms with van der Waals surface area (Å²) < 4.78 is 14.7. The zero-order valence-corrected chi connectivity index (χ0v) is 10.6. The molecular weight excluding hydrogens is 307 g/mol. The smallest absolute Gasteiger partial charge is 0.330 e. The molecule has 1 aromatic heterocycles. The minimum absolute atomic E-state index is 0.0274. The van der Waals surface area contributed by atoms with Crippen LogP contribution in [0.3, 0.4) is 0 Å². The molecule has 2 N–H and O–H groups in total. The lowest BCUT2D eigenvalue weighted by Gasteiger charge is -2.04. The average molecular weight is 315 g/mol. The number of anilines is 1. The second kappa shape index (κ2) is 4.73. The van der Waals surface area contributed by atoms with Crippen molar-refractivity contribution in [3.8, 4) is 0 Å². The molecule has 0 fully saturated rings. The van der Waals surface area contributed by atoms with Crippen LogP contribution < -0.4 is 5.73 Å². The number of aromatic nitrogens is 2. The fourth-order valence-electron chi connectivity index (χ4n) is 1.46. The first-order valence-electron chi connectivity index (χ1n) is 4.88. The van der Waals surface area contributed by atoms with Gasteiger partial charge in [-0.3, -0.25) is 10.1 Å². The Bertz CT molecular complexity index is 614. The Balaban J connectivity index is 2.29. The standard InChI is InChI=1S/C10H8BrFN4O2/c11-7-3-6(1-2-8(7)12)5-15-10(13)9(4-14-15)16(17)18/h1-4H,5,13H2. The quantitative estimate of drug-likeness (QED) is 0.695. The Hall–Kier alpha value is -1.96. The Morgan fingerprint density at radius 1 is 1.56 bits per heavy atom. The van der Waals surface area contributed by atoms with E-state index in [1.165, 1.54) is 10.7 Å². The predicted octanol–water partition coefficient (Wildman–Crippen LogP) is 2.32. The summed E-state index contributed by atoms with van der Waals surface area (Å²) in [5, 5.41) is 14.4. The molecular formula is C10H8BrFN4O2. The molecule has 2 aromatic rings. The summed E-state index contributed by atoms with van der Waals surface area (Å²) in [4.78, 5) is 10.0. The van der Waals surface area contributed by atoms with E-state index in [4.69, 9.17) is 5.73 Å². The highest BCUT2D eigenvalue weighted by Crippen LogP contribution is 2.22. The van der Waals surface area contributed by atoms with E-state index in [1.54, 1.807) is 12.1 Å². The van der Waals surface area contributed by atoms with Crippen LogP contribution in [0.25, 0.3) is 0 Å². The number of hydrogen-bond acceptors (Lipinski definition) is 4. The summed E-state index contributed by atoms with van der Waals surface area (Å²) in [6.07, 6.45) is 1.09. The second-order valence-electron chi connectivity index (χ2n) is 3.58. The van der Waals surface area contributed by atoms with Crippen molar-refractivity contribution in [3.63, 3.8) is 0 Å². The first-order chi connectivity index (χ1) is 8.49. The third-order valence-electron chi connectivity index (χ3n) is 2.37. The molecule has 0 spiro atoms. The minimum atomic E-state index is -0.598. The Kier molecular flexibility index (Phi) is 3.28. The van der Waals surface area contributed by atoms with E-state index in [-0.39, 0.29) is 23.9 Å². The van der Waals surface area contributed by atoms with E-state index in [9.17, 15) is 14.5 Å². The molecule has 18 heavy (non-hydrogen) atoms. The molecule has 6 nitrogen and oxygen atoms in total. The molecule has 2 rings (SSSR count). The van der Waals surface area contributed by atoms with Gasteiger partial charge in [0, 0.05) is 0 Å². The molecule has 0 bridgehead atoms. The van der Waals surface area contributed by atoms with E-state index in [1.807, 2.05) is 0 Å². The summed E-state index contributed by atoms with van der Waals surface area (Å²) in [6.45, 7) is 0.235. The molecule has 8 heteroatoms. The van der Waals surface area contributed by atoms with E-state index in [2.05, 4.69) is 21.0 Å². The molecule has 0 atom stereocenters. The summed E-state index contributed by atoms with van der Waals surface area (Å²) in [5.74, 6) is -0.404. The summed E-state index contributed by atoms with van der Waals surface area (Å²) in [7, 11) is 0. The van der Waals surface area contributed by atoms with Crippen molar-refractivity contribution in [1.82, 2.24) is 9.78 Å². The van der Waals surface area contributed by atoms with Crippen LogP contribution in [0.4, 0.5) is 15.9 Å². The highest BCUT2D eigenvalue weighted by Gasteiger charge is 2.17. The Morgan fingerprint density at radius 3 is 2.83 bits per heavy atom.